The summed E-state index contributed by atoms with van der Waals surface area (Å²) in [5.74, 6) is -0.280. The van der Waals surface area contributed by atoms with Crippen LogP contribution in [0, 0.1) is 5.92 Å². The van der Waals surface area contributed by atoms with Gasteiger partial charge in [-0.05, 0) is 24.1 Å². The number of benzene rings is 1. The Morgan fingerprint density at radius 1 is 1.58 bits per heavy atom. The molecule has 1 aliphatic heterocycles. The minimum absolute atomic E-state index is 0.00899. The lowest BCUT2D eigenvalue weighted by atomic mass is 10.1. The van der Waals surface area contributed by atoms with Gasteiger partial charge < -0.3 is 14.7 Å². The van der Waals surface area contributed by atoms with Crippen molar-refractivity contribution in [3.05, 3.63) is 23.8 Å². The van der Waals surface area contributed by atoms with E-state index in [-0.39, 0.29) is 17.4 Å². The van der Waals surface area contributed by atoms with Crippen molar-refractivity contribution in [1.82, 2.24) is 0 Å². The first-order chi connectivity index (χ1) is 9.06. The number of carboxylic acid groups (broad SMARTS) is 1. The van der Waals surface area contributed by atoms with Crippen molar-refractivity contribution < 1.29 is 19.4 Å². The van der Waals surface area contributed by atoms with Gasteiger partial charge >= 0.3 is 5.97 Å². The predicted molar refractivity (Wildman–Crippen MR) is 74.2 cm³/mol. The van der Waals surface area contributed by atoms with Gasteiger partial charge in [0, 0.05) is 18.3 Å². The summed E-state index contributed by atoms with van der Waals surface area (Å²) in [6.45, 7) is 0.573. The highest BCUT2D eigenvalue weighted by atomic mass is 79.9. The zero-order valence-corrected chi connectivity index (χ0v) is 12.0. The number of rotatable bonds is 4. The molecular formula is C13H14BrNO4. The summed E-state index contributed by atoms with van der Waals surface area (Å²) in [4.78, 5) is 24.6. The molecule has 102 valence electrons. The van der Waals surface area contributed by atoms with Crippen molar-refractivity contribution in [1.29, 1.82) is 0 Å². The van der Waals surface area contributed by atoms with Gasteiger partial charge in [0.05, 0.1) is 18.4 Å². The highest BCUT2D eigenvalue weighted by molar-refractivity contribution is 9.09. The van der Waals surface area contributed by atoms with Gasteiger partial charge in [-0.25, -0.2) is 4.79 Å². The van der Waals surface area contributed by atoms with Crippen LogP contribution in [0.25, 0.3) is 0 Å². The molecule has 1 atom stereocenters. The maximum Gasteiger partial charge on any atom is 0.335 e. The average molecular weight is 328 g/mol. The predicted octanol–water partition coefficient (Wildman–Crippen LogP) is 2.14. The molecule has 1 fully saturated rings. The average Bonchev–Trinajstić information content (AvgIpc) is 2.79. The van der Waals surface area contributed by atoms with Gasteiger partial charge in [-0.1, -0.05) is 15.9 Å². The van der Waals surface area contributed by atoms with Crippen molar-refractivity contribution in [2.24, 2.45) is 5.92 Å². The topological polar surface area (TPSA) is 66.8 Å². The smallest absolute Gasteiger partial charge is 0.335 e. The Balaban J connectivity index is 2.39. The molecule has 1 unspecified atom stereocenters. The molecule has 19 heavy (non-hydrogen) atoms. The Hall–Kier alpha value is -1.56. The van der Waals surface area contributed by atoms with Gasteiger partial charge in [0.2, 0.25) is 5.91 Å². The highest BCUT2D eigenvalue weighted by Crippen LogP contribution is 2.34. The first-order valence-electron chi connectivity index (χ1n) is 5.84. The van der Waals surface area contributed by atoms with Gasteiger partial charge in [0.25, 0.3) is 0 Å². The molecule has 0 spiro atoms. The maximum absolute atomic E-state index is 12.0. The Kier molecular flexibility index (Phi) is 4.09. The third-order valence-electron chi connectivity index (χ3n) is 3.14. The number of carbonyl (C=O) groups is 2. The van der Waals surface area contributed by atoms with Crippen molar-refractivity contribution in [2.45, 2.75) is 6.42 Å². The first kappa shape index (κ1) is 13.9. The minimum atomic E-state index is -1.02. The van der Waals surface area contributed by atoms with E-state index >= 15 is 0 Å². The number of hydrogen-bond donors (Lipinski definition) is 1. The third-order valence-corrected chi connectivity index (χ3v) is 4.06. The number of ether oxygens (including phenoxy) is 1. The molecule has 0 aromatic heterocycles. The van der Waals surface area contributed by atoms with E-state index in [2.05, 4.69) is 15.9 Å². The summed E-state index contributed by atoms with van der Waals surface area (Å²) in [6.07, 6.45) is 0.464. The van der Waals surface area contributed by atoms with Crippen LogP contribution in [0.5, 0.6) is 5.75 Å². The molecule has 0 saturated carbocycles. The van der Waals surface area contributed by atoms with Crippen LogP contribution >= 0.6 is 15.9 Å². The van der Waals surface area contributed by atoms with E-state index in [1.54, 1.807) is 11.0 Å². The number of amides is 1. The lowest BCUT2D eigenvalue weighted by Gasteiger charge is -2.20. The molecule has 6 heteroatoms. The number of carbonyl (C=O) groups excluding carboxylic acids is 1. The van der Waals surface area contributed by atoms with Crippen LogP contribution in [0.3, 0.4) is 0 Å². The van der Waals surface area contributed by atoms with Crippen molar-refractivity contribution in [2.75, 3.05) is 23.9 Å². The zero-order valence-electron chi connectivity index (χ0n) is 10.4. The molecule has 1 aromatic rings. The van der Waals surface area contributed by atoms with Gasteiger partial charge in [-0.3, -0.25) is 4.79 Å². The molecule has 5 nitrogen and oxygen atoms in total. The molecule has 1 saturated heterocycles. The van der Waals surface area contributed by atoms with Crippen LogP contribution < -0.4 is 9.64 Å². The summed E-state index contributed by atoms with van der Waals surface area (Å²) in [5, 5.41) is 9.77. The molecule has 1 aromatic carbocycles. The Labute approximate surface area is 119 Å². The molecule has 1 N–H and O–H groups in total. The normalized spacial score (nSPS) is 18.7. The monoisotopic (exact) mass is 327 g/mol. The van der Waals surface area contributed by atoms with Crippen molar-refractivity contribution in [3.8, 4) is 5.75 Å². The minimum Gasteiger partial charge on any atom is -0.495 e. The van der Waals surface area contributed by atoms with Gasteiger partial charge in [-0.2, -0.15) is 0 Å². The van der Waals surface area contributed by atoms with E-state index in [0.717, 1.165) is 5.33 Å². The SMILES string of the molecule is COc1ccc(C(=O)O)cc1N1CC(CBr)CC1=O. The molecule has 0 radical (unpaired) electrons. The summed E-state index contributed by atoms with van der Waals surface area (Å²) in [5.41, 5.74) is 0.668. The second-order valence-electron chi connectivity index (χ2n) is 4.42. The molecule has 1 heterocycles. The Bertz CT molecular complexity index is 517. The number of halogens is 1. The van der Waals surface area contributed by atoms with Crippen LogP contribution in [-0.4, -0.2) is 36.0 Å². The van der Waals surface area contributed by atoms with Crippen LogP contribution in [0.4, 0.5) is 5.69 Å². The fraction of sp³-hybridized carbons (Fsp3) is 0.385. The van der Waals surface area contributed by atoms with E-state index < -0.39 is 5.97 Å². The van der Waals surface area contributed by atoms with Crippen molar-refractivity contribution in [3.63, 3.8) is 0 Å². The lowest BCUT2D eigenvalue weighted by molar-refractivity contribution is -0.117. The Morgan fingerprint density at radius 3 is 2.84 bits per heavy atom. The number of methoxy groups -OCH3 is 1. The number of nitrogens with zero attached hydrogens (tertiary/aromatic N) is 1. The fourth-order valence-corrected chi connectivity index (χ4v) is 2.59. The second kappa shape index (κ2) is 5.61. The second-order valence-corrected chi connectivity index (χ2v) is 5.07. The number of hydrogen-bond acceptors (Lipinski definition) is 3. The van der Waals surface area contributed by atoms with Crippen LogP contribution in [0.1, 0.15) is 16.8 Å². The molecular weight excluding hydrogens is 314 g/mol. The number of anilines is 1. The molecule has 2 rings (SSSR count). The number of carboxylic acids is 1. The summed E-state index contributed by atoms with van der Waals surface area (Å²) >= 11 is 3.37. The maximum atomic E-state index is 12.0. The van der Waals surface area contributed by atoms with E-state index in [1.165, 1.54) is 19.2 Å². The quantitative estimate of drug-likeness (QED) is 0.860. The third kappa shape index (κ3) is 2.73. The molecule has 1 amide bonds. The number of aromatic carboxylic acids is 1. The van der Waals surface area contributed by atoms with E-state index in [0.29, 0.717) is 24.4 Å². The first-order valence-corrected chi connectivity index (χ1v) is 6.96. The van der Waals surface area contributed by atoms with E-state index in [4.69, 9.17) is 9.84 Å². The van der Waals surface area contributed by atoms with Gasteiger partial charge in [0.1, 0.15) is 5.75 Å². The lowest BCUT2D eigenvalue weighted by Crippen LogP contribution is -2.25. The largest absolute Gasteiger partial charge is 0.495 e. The zero-order chi connectivity index (χ0) is 14.0. The summed E-state index contributed by atoms with van der Waals surface area (Å²) in [6, 6.07) is 4.52. The summed E-state index contributed by atoms with van der Waals surface area (Å²) in [7, 11) is 1.50. The Morgan fingerprint density at radius 2 is 2.32 bits per heavy atom. The molecule has 0 bridgehead atoms. The fourth-order valence-electron chi connectivity index (χ4n) is 2.15. The van der Waals surface area contributed by atoms with Crippen LogP contribution in [0.2, 0.25) is 0 Å². The molecule has 0 aliphatic carbocycles. The van der Waals surface area contributed by atoms with E-state index in [1.807, 2.05) is 0 Å². The standard InChI is InChI=1S/C13H14BrNO4/c1-19-11-3-2-9(13(17)18)5-10(11)15-7-8(6-14)4-12(15)16/h2-3,5,8H,4,6-7H2,1H3,(H,17,18). The van der Waals surface area contributed by atoms with Crippen molar-refractivity contribution >= 4 is 33.5 Å². The van der Waals surface area contributed by atoms with Gasteiger partial charge in [0.15, 0.2) is 0 Å². The highest BCUT2D eigenvalue weighted by Gasteiger charge is 2.31. The van der Waals surface area contributed by atoms with Crippen LogP contribution in [0.15, 0.2) is 18.2 Å². The van der Waals surface area contributed by atoms with Gasteiger partial charge in [-0.15, -0.1) is 0 Å². The molecule has 1 aliphatic rings. The van der Waals surface area contributed by atoms with Crippen LogP contribution in [-0.2, 0) is 4.79 Å². The summed E-state index contributed by atoms with van der Waals surface area (Å²) < 4.78 is 5.21. The number of alkyl halides is 1. The van der Waals surface area contributed by atoms with E-state index in [9.17, 15) is 9.59 Å².